The molecule has 0 aliphatic carbocycles. The second-order valence-electron chi connectivity index (χ2n) is 4.89. The molecule has 92 valence electrons. The Bertz CT molecular complexity index is 384. The van der Waals surface area contributed by atoms with Crippen molar-refractivity contribution < 1.29 is 4.74 Å². The van der Waals surface area contributed by atoms with Crippen LogP contribution in [0.15, 0.2) is 18.3 Å². The van der Waals surface area contributed by atoms with Crippen LogP contribution in [0.5, 0.6) is 0 Å². The number of ether oxygens (including phenoxy) is 1. The predicted octanol–water partition coefficient (Wildman–Crippen LogP) is 0.950. The first kappa shape index (κ1) is 11.0. The van der Waals surface area contributed by atoms with Gasteiger partial charge in [-0.3, -0.25) is 0 Å². The number of anilines is 1. The van der Waals surface area contributed by atoms with Crippen molar-refractivity contribution in [3.8, 4) is 0 Å². The van der Waals surface area contributed by atoms with Crippen LogP contribution >= 0.6 is 0 Å². The standard InChI is InChI=1S/C13H19N3O/c14-6-5-10-2-1-7-15-13(10)16-8-11-3-4-12(9-16)17-11/h1-2,7,11-12H,3-6,8-9,14H2. The molecule has 2 aliphatic rings. The average Bonchev–Trinajstić information content (AvgIpc) is 2.69. The Labute approximate surface area is 102 Å². The van der Waals surface area contributed by atoms with Crippen molar-refractivity contribution in [3.63, 3.8) is 0 Å². The van der Waals surface area contributed by atoms with Crippen molar-refractivity contribution in [3.05, 3.63) is 23.9 Å². The molecule has 1 aromatic rings. The molecule has 1 aromatic heterocycles. The lowest BCUT2D eigenvalue weighted by Crippen LogP contribution is -2.43. The van der Waals surface area contributed by atoms with Crippen LogP contribution in [0.3, 0.4) is 0 Å². The zero-order valence-electron chi connectivity index (χ0n) is 10.0. The molecule has 4 nitrogen and oxygen atoms in total. The smallest absolute Gasteiger partial charge is 0.131 e. The summed E-state index contributed by atoms with van der Waals surface area (Å²) >= 11 is 0. The van der Waals surface area contributed by atoms with Crippen LogP contribution in [0.25, 0.3) is 0 Å². The highest BCUT2D eigenvalue weighted by Crippen LogP contribution is 2.30. The monoisotopic (exact) mass is 233 g/mol. The Morgan fingerprint density at radius 3 is 2.82 bits per heavy atom. The van der Waals surface area contributed by atoms with Gasteiger partial charge >= 0.3 is 0 Å². The van der Waals surface area contributed by atoms with Gasteiger partial charge in [-0.25, -0.2) is 4.98 Å². The van der Waals surface area contributed by atoms with E-state index in [9.17, 15) is 0 Å². The molecule has 2 aliphatic heterocycles. The van der Waals surface area contributed by atoms with Crippen LogP contribution in [0.4, 0.5) is 5.82 Å². The Hall–Kier alpha value is -1.13. The third-order valence-corrected chi connectivity index (χ3v) is 3.62. The first-order valence-electron chi connectivity index (χ1n) is 6.41. The summed E-state index contributed by atoms with van der Waals surface area (Å²) in [6.07, 6.45) is 5.96. The molecule has 0 spiro atoms. The molecule has 2 atom stereocenters. The quantitative estimate of drug-likeness (QED) is 0.844. The fraction of sp³-hybridized carbons (Fsp3) is 0.615. The van der Waals surface area contributed by atoms with Gasteiger partial charge in [0.25, 0.3) is 0 Å². The number of aromatic nitrogens is 1. The van der Waals surface area contributed by atoms with Gasteiger partial charge in [0, 0.05) is 19.3 Å². The average molecular weight is 233 g/mol. The highest BCUT2D eigenvalue weighted by molar-refractivity contribution is 5.47. The predicted molar refractivity (Wildman–Crippen MR) is 67.1 cm³/mol. The van der Waals surface area contributed by atoms with E-state index in [0.717, 1.165) is 25.3 Å². The normalized spacial score (nSPS) is 27.5. The largest absolute Gasteiger partial charge is 0.371 e. The number of nitrogens with zero attached hydrogens (tertiary/aromatic N) is 2. The zero-order chi connectivity index (χ0) is 11.7. The Morgan fingerprint density at radius 2 is 2.12 bits per heavy atom. The van der Waals surface area contributed by atoms with Gasteiger partial charge in [-0.1, -0.05) is 6.07 Å². The molecule has 2 N–H and O–H groups in total. The summed E-state index contributed by atoms with van der Waals surface area (Å²) in [5.74, 6) is 1.11. The Balaban J connectivity index is 1.83. The SMILES string of the molecule is NCCc1cccnc1N1CC2CCC(C1)O2. The second-order valence-corrected chi connectivity index (χ2v) is 4.89. The molecule has 4 heteroatoms. The van der Waals surface area contributed by atoms with E-state index in [1.807, 2.05) is 12.3 Å². The fourth-order valence-corrected chi connectivity index (χ4v) is 2.85. The number of pyridine rings is 1. The minimum atomic E-state index is 0.404. The van der Waals surface area contributed by atoms with Crippen LogP contribution in [-0.2, 0) is 11.2 Å². The van der Waals surface area contributed by atoms with Crippen LogP contribution in [0.1, 0.15) is 18.4 Å². The number of rotatable bonds is 3. The lowest BCUT2D eigenvalue weighted by atomic mass is 10.1. The molecular weight excluding hydrogens is 214 g/mol. The number of fused-ring (bicyclic) bond motifs is 2. The van der Waals surface area contributed by atoms with Crippen molar-refractivity contribution in [2.24, 2.45) is 5.73 Å². The van der Waals surface area contributed by atoms with Crippen LogP contribution in [-0.4, -0.2) is 36.8 Å². The topological polar surface area (TPSA) is 51.4 Å². The molecule has 2 fully saturated rings. The van der Waals surface area contributed by atoms with Gasteiger partial charge in [0.2, 0.25) is 0 Å². The first-order valence-corrected chi connectivity index (χ1v) is 6.41. The lowest BCUT2D eigenvalue weighted by Gasteiger charge is -2.34. The van der Waals surface area contributed by atoms with Gasteiger partial charge < -0.3 is 15.4 Å². The van der Waals surface area contributed by atoms with E-state index >= 15 is 0 Å². The Morgan fingerprint density at radius 1 is 1.35 bits per heavy atom. The van der Waals surface area contributed by atoms with Crippen molar-refractivity contribution in [2.45, 2.75) is 31.5 Å². The van der Waals surface area contributed by atoms with E-state index in [1.165, 1.54) is 18.4 Å². The van der Waals surface area contributed by atoms with E-state index in [2.05, 4.69) is 16.0 Å². The molecular formula is C13H19N3O. The highest BCUT2D eigenvalue weighted by atomic mass is 16.5. The molecule has 0 radical (unpaired) electrons. The van der Waals surface area contributed by atoms with Gasteiger partial charge in [0.05, 0.1) is 12.2 Å². The van der Waals surface area contributed by atoms with E-state index in [0.29, 0.717) is 18.8 Å². The molecule has 2 saturated heterocycles. The molecule has 3 rings (SSSR count). The molecule has 0 aromatic carbocycles. The van der Waals surface area contributed by atoms with E-state index in [1.54, 1.807) is 0 Å². The maximum atomic E-state index is 5.85. The molecule has 2 bridgehead atoms. The summed E-state index contributed by atoms with van der Waals surface area (Å²) in [5, 5.41) is 0. The maximum absolute atomic E-state index is 5.85. The number of hydrogen-bond donors (Lipinski definition) is 1. The van der Waals surface area contributed by atoms with Gasteiger partial charge in [-0.2, -0.15) is 0 Å². The zero-order valence-corrected chi connectivity index (χ0v) is 10.0. The summed E-state index contributed by atoms with van der Waals surface area (Å²) in [5.41, 5.74) is 6.92. The van der Waals surface area contributed by atoms with Crippen molar-refractivity contribution in [1.29, 1.82) is 0 Å². The minimum absolute atomic E-state index is 0.404. The highest BCUT2D eigenvalue weighted by Gasteiger charge is 2.34. The summed E-state index contributed by atoms with van der Waals surface area (Å²) in [6, 6.07) is 4.12. The maximum Gasteiger partial charge on any atom is 0.131 e. The van der Waals surface area contributed by atoms with Crippen LogP contribution < -0.4 is 10.6 Å². The fourth-order valence-electron chi connectivity index (χ4n) is 2.85. The molecule has 0 amide bonds. The van der Waals surface area contributed by atoms with Crippen LogP contribution in [0, 0.1) is 0 Å². The van der Waals surface area contributed by atoms with E-state index < -0.39 is 0 Å². The number of nitrogens with two attached hydrogens (primary N) is 1. The van der Waals surface area contributed by atoms with Gasteiger partial charge in [0.15, 0.2) is 0 Å². The Kier molecular flexibility index (Phi) is 2.99. The third kappa shape index (κ3) is 2.15. The van der Waals surface area contributed by atoms with Crippen molar-refractivity contribution in [1.82, 2.24) is 4.98 Å². The molecule has 3 heterocycles. The summed E-state index contributed by atoms with van der Waals surface area (Å²) in [4.78, 5) is 6.90. The van der Waals surface area contributed by atoms with Gasteiger partial charge in [-0.05, 0) is 37.4 Å². The number of hydrogen-bond acceptors (Lipinski definition) is 4. The summed E-state index contributed by atoms with van der Waals surface area (Å²) < 4.78 is 5.85. The summed E-state index contributed by atoms with van der Waals surface area (Å²) in [6.45, 7) is 2.63. The van der Waals surface area contributed by atoms with E-state index in [-0.39, 0.29) is 0 Å². The van der Waals surface area contributed by atoms with Gasteiger partial charge in [-0.15, -0.1) is 0 Å². The number of morpholine rings is 1. The second kappa shape index (κ2) is 4.63. The lowest BCUT2D eigenvalue weighted by molar-refractivity contribution is 0.0302. The summed E-state index contributed by atoms with van der Waals surface area (Å²) in [7, 11) is 0. The minimum Gasteiger partial charge on any atom is -0.371 e. The third-order valence-electron chi connectivity index (χ3n) is 3.62. The van der Waals surface area contributed by atoms with Gasteiger partial charge in [0.1, 0.15) is 5.82 Å². The molecule has 0 saturated carbocycles. The van der Waals surface area contributed by atoms with E-state index in [4.69, 9.17) is 10.5 Å². The van der Waals surface area contributed by atoms with Crippen molar-refractivity contribution in [2.75, 3.05) is 24.5 Å². The first-order chi connectivity index (χ1) is 8.36. The van der Waals surface area contributed by atoms with Crippen molar-refractivity contribution >= 4 is 5.82 Å². The molecule has 17 heavy (non-hydrogen) atoms. The van der Waals surface area contributed by atoms with Crippen LogP contribution in [0.2, 0.25) is 0 Å². The molecule has 2 unspecified atom stereocenters.